The maximum absolute atomic E-state index is 12.6. The molecule has 1 aliphatic rings. The van der Waals surface area contributed by atoms with Gasteiger partial charge in [-0.15, -0.1) is 0 Å². The summed E-state index contributed by atoms with van der Waals surface area (Å²) in [6.45, 7) is 4.64. The molecule has 0 aromatic heterocycles. The van der Waals surface area contributed by atoms with Crippen molar-refractivity contribution < 1.29 is 14.6 Å². The summed E-state index contributed by atoms with van der Waals surface area (Å²) in [5, 5.41) is 10.1. The van der Waals surface area contributed by atoms with Gasteiger partial charge in [0.05, 0.1) is 18.9 Å². The van der Waals surface area contributed by atoms with Crippen LogP contribution in [0.1, 0.15) is 44.8 Å². The number of carbonyl (C=O) groups excluding carboxylic acids is 1. The molecule has 110 valence electrons. The molecule has 1 aromatic carbocycles. The summed E-state index contributed by atoms with van der Waals surface area (Å²) in [4.78, 5) is 14.4. The number of hydrogen-bond donors (Lipinski definition) is 1. The van der Waals surface area contributed by atoms with Gasteiger partial charge in [0.25, 0.3) is 0 Å². The molecule has 1 atom stereocenters. The number of hydrogen-bond acceptors (Lipinski definition) is 3. The SMILES string of the molecule is CCC(CC)C(=O)N1CCC(O)c2ccc(OC)cc21. The van der Waals surface area contributed by atoms with E-state index in [0.29, 0.717) is 18.7 Å². The van der Waals surface area contributed by atoms with E-state index in [2.05, 4.69) is 0 Å². The smallest absolute Gasteiger partial charge is 0.230 e. The number of methoxy groups -OCH3 is 1. The van der Waals surface area contributed by atoms with Gasteiger partial charge in [-0.2, -0.15) is 0 Å². The Kier molecular flexibility index (Phi) is 4.65. The first-order valence-corrected chi connectivity index (χ1v) is 7.29. The zero-order valence-electron chi connectivity index (χ0n) is 12.4. The highest BCUT2D eigenvalue weighted by molar-refractivity contribution is 5.96. The van der Waals surface area contributed by atoms with Gasteiger partial charge in [0.2, 0.25) is 5.91 Å². The molecule has 0 bridgehead atoms. The summed E-state index contributed by atoms with van der Waals surface area (Å²) in [7, 11) is 1.61. The van der Waals surface area contributed by atoms with Crippen molar-refractivity contribution in [1.82, 2.24) is 0 Å². The molecular formula is C16H23NO3. The van der Waals surface area contributed by atoms with E-state index in [1.165, 1.54) is 0 Å². The van der Waals surface area contributed by atoms with Crippen molar-refractivity contribution in [3.63, 3.8) is 0 Å². The van der Waals surface area contributed by atoms with Gasteiger partial charge in [0.15, 0.2) is 0 Å². The minimum absolute atomic E-state index is 0.0456. The predicted octanol–water partition coefficient (Wildman–Crippen LogP) is 2.90. The van der Waals surface area contributed by atoms with E-state index in [-0.39, 0.29) is 11.8 Å². The maximum atomic E-state index is 12.6. The van der Waals surface area contributed by atoms with Crippen LogP contribution in [0.25, 0.3) is 0 Å². The monoisotopic (exact) mass is 277 g/mol. The lowest BCUT2D eigenvalue weighted by Gasteiger charge is -2.34. The number of fused-ring (bicyclic) bond motifs is 1. The molecule has 2 rings (SSSR count). The first kappa shape index (κ1) is 14.9. The van der Waals surface area contributed by atoms with Crippen LogP contribution in [0, 0.1) is 5.92 Å². The van der Waals surface area contributed by atoms with Gasteiger partial charge in [-0.1, -0.05) is 19.9 Å². The van der Waals surface area contributed by atoms with E-state index in [4.69, 9.17) is 4.74 Å². The minimum atomic E-state index is -0.498. The fraction of sp³-hybridized carbons (Fsp3) is 0.562. The van der Waals surface area contributed by atoms with Crippen molar-refractivity contribution in [3.8, 4) is 5.75 Å². The Bertz CT molecular complexity index is 483. The number of anilines is 1. The van der Waals surface area contributed by atoms with Crippen molar-refractivity contribution in [1.29, 1.82) is 0 Å². The normalized spacial score (nSPS) is 18.1. The van der Waals surface area contributed by atoms with Gasteiger partial charge in [-0.25, -0.2) is 0 Å². The number of nitrogens with zero attached hydrogens (tertiary/aromatic N) is 1. The summed E-state index contributed by atoms with van der Waals surface area (Å²) < 4.78 is 5.24. The van der Waals surface area contributed by atoms with E-state index in [1.54, 1.807) is 7.11 Å². The average Bonchev–Trinajstić information content (AvgIpc) is 2.48. The first-order chi connectivity index (χ1) is 9.62. The highest BCUT2D eigenvalue weighted by Crippen LogP contribution is 2.37. The van der Waals surface area contributed by atoms with Crippen molar-refractivity contribution in [2.45, 2.75) is 39.2 Å². The van der Waals surface area contributed by atoms with Gasteiger partial charge in [-0.05, 0) is 25.3 Å². The van der Waals surface area contributed by atoms with E-state index < -0.39 is 6.10 Å². The number of carbonyl (C=O) groups is 1. The van der Waals surface area contributed by atoms with Crippen LogP contribution in [-0.2, 0) is 4.79 Å². The second-order valence-electron chi connectivity index (χ2n) is 5.23. The van der Waals surface area contributed by atoms with E-state index in [1.807, 2.05) is 36.9 Å². The Labute approximate surface area is 120 Å². The van der Waals surface area contributed by atoms with Gasteiger partial charge in [-0.3, -0.25) is 4.79 Å². The fourth-order valence-electron chi connectivity index (χ4n) is 2.78. The van der Waals surface area contributed by atoms with E-state index in [0.717, 1.165) is 24.1 Å². The molecule has 1 aromatic rings. The third kappa shape index (κ3) is 2.66. The van der Waals surface area contributed by atoms with Crippen molar-refractivity contribution >= 4 is 11.6 Å². The third-order valence-electron chi connectivity index (χ3n) is 4.11. The number of ether oxygens (including phenoxy) is 1. The second-order valence-corrected chi connectivity index (χ2v) is 5.23. The molecule has 0 fully saturated rings. The van der Waals surface area contributed by atoms with E-state index in [9.17, 15) is 9.90 Å². The molecule has 1 amide bonds. The quantitative estimate of drug-likeness (QED) is 0.920. The molecule has 0 saturated heterocycles. The lowest BCUT2D eigenvalue weighted by atomic mass is 9.95. The number of benzene rings is 1. The van der Waals surface area contributed by atoms with Crippen molar-refractivity contribution in [3.05, 3.63) is 23.8 Å². The summed E-state index contributed by atoms with van der Waals surface area (Å²) in [5.41, 5.74) is 1.61. The van der Waals surface area contributed by atoms with Crippen LogP contribution in [0.2, 0.25) is 0 Å². The zero-order chi connectivity index (χ0) is 14.7. The number of aliphatic hydroxyl groups is 1. The average molecular weight is 277 g/mol. The zero-order valence-corrected chi connectivity index (χ0v) is 12.4. The lowest BCUT2D eigenvalue weighted by Crippen LogP contribution is -2.40. The Morgan fingerprint density at radius 1 is 1.45 bits per heavy atom. The van der Waals surface area contributed by atoms with Crippen LogP contribution in [0.3, 0.4) is 0 Å². The first-order valence-electron chi connectivity index (χ1n) is 7.29. The van der Waals surface area contributed by atoms with Crippen LogP contribution >= 0.6 is 0 Å². The van der Waals surface area contributed by atoms with Gasteiger partial charge >= 0.3 is 0 Å². The van der Waals surface area contributed by atoms with Crippen LogP contribution in [-0.4, -0.2) is 24.7 Å². The van der Waals surface area contributed by atoms with Crippen LogP contribution in [0.4, 0.5) is 5.69 Å². The molecule has 0 spiro atoms. The molecule has 0 saturated carbocycles. The molecule has 1 unspecified atom stereocenters. The van der Waals surface area contributed by atoms with E-state index >= 15 is 0 Å². The largest absolute Gasteiger partial charge is 0.497 e. The fourth-order valence-corrected chi connectivity index (χ4v) is 2.78. The summed E-state index contributed by atoms with van der Waals surface area (Å²) in [6.07, 6.45) is 1.77. The van der Waals surface area contributed by atoms with Gasteiger partial charge in [0, 0.05) is 24.1 Å². The highest BCUT2D eigenvalue weighted by Gasteiger charge is 2.30. The summed E-state index contributed by atoms with van der Waals surface area (Å²) in [5.74, 6) is 0.904. The minimum Gasteiger partial charge on any atom is -0.497 e. The Balaban J connectivity index is 2.38. The van der Waals surface area contributed by atoms with Crippen molar-refractivity contribution in [2.75, 3.05) is 18.6 Å². The number of rotatable bonds is 4. The Hall–Kier alpha value is -1.55. The highest BCUT2D eigenvalue weighted by atomic mass is 16.5. The summed E-state index contributed by atoms with van der Waals surface area (Å²) in [6, 6.07) is 5.52. The third-order valence-corrected chi connectivity index (χ3v) is 4.11. The number of amides is 1. The molecule has 1 aliphatic heterocycles. The van der Waals surface area contributed by atoms with Crippen LogP contribution in [0.15, 0.2) is 18.2 Å². The Morgan fingerprint density at radius 3 is 2.75 bits per heavy atom. The van der Waals surface area contributed by atoms with Crippen LogP contribution in [0.5, 0.6) is 5.75 Å². The molecule has 4 nitrogen and oxygen atoms in total. The summed E-state index contributed by atoms with van der Waals surface area (Å²) >= 11 is 0. The lowest BCUT2D eigenvalue weighted by molar-refractivity contribution is -0.122. The Morgan fingerprint density at radius 2 is 2.15 bits per heavy atom. The van der Waals surface area contributed by atoms with Gasteiger partial charge in [0.1, 0.15) is 5.75 Å². The van der Waals surface area contributed by atoms with Gasteiger partial charge < -0.3 is 14.7 Å². The number of aliphatic hydroxyl groups excluding tert-OH is 1. The molecule has 0 aliphatic carbocycles. The topological polar surface area (TPSA) is 49.8 Å². The second kappa shape index (κ2) is 6.27. The van der Waals surface area contributed by atoms with Crippen LogP contribution < -0.4 is 9.64 Å². The molecule has 1 heterocycles. The molecule has 4 heteroatoms. The molecule has 0 radical (unpaired) electrons. The molecule has 20 heavy (non-hydrogen) atoms. The predicted molar refractivity (Wildman–Crippen MR) is 79.0 cm³/mol. The van der Waals surface area contributed by atoms with Crippen molar-refractivity contribution in [2.24, 2.45) is 5.92 Å². The molecular weight excluding hydrogens is 254 g/mol. The standard InChI is InChI=1S/C16H23NO3/c1-4-11(5-2)16(19)17-9-8-15(18)13-7-6-12(20-3)10-14(13)17/h6-7,10-11,15,18H,4-5,8-9H2,1-3H3. The maximum Gasteiger partial charge on any atom is 0.230 e. The molecule has 1 N–H and O–H groups in total.